The summed E-state index contributed by atoms with van der Waals surface area (Å²) in [6.07, 6.45) is 2.29. The van der Waals surface area contributed by atoms with Crippen LogP contribution in [0.5, 0.6) is 0 Å². The highest BCUT2D eigenvalue weighted by Gasteiger charge is 2.20. The molecule has 2 aromatic rings. The van der Waals surface area contributed by atoms with Gasteiger partial charge in [0.1, 0.15) is 0 Å². The molecule has 0 radical (unpaired) electrons. The number of rotatable bonds is 1. The van der Waals surface area contributed by atoms with Gasteiger partial charge in [0, 0.05) is 19.3 Å². The van der Waals surface area contributed by atoms with Gasteiger partial charge in [0.2, 0.25) is 5.95 Å². The maximum absolute atomic E-state index is 5.16. The standard InChI is InChI=1S/C12H14N4S/c1-15-11(13-14-12(15)17)16-8-4-6-9-5-2-3-7-10(9)16/h2-3,5,7H,4,6,8H2,1H3,(H,14,17). The lowest BCUT2D eigenvalue weighted by Gasteiger charge is -2.29. The van der Waals surface area contributed by atoms with Crippen molar-refractivity contribution in [3.63, 3.8) is 0 Å². The summed E-state index contributed by atoms with van der Waals surface area (Å²) in [7, 11) is 1.94. The lowest BCUT2D eigenvalue weighted by Crippen LogP contribution is -2.26. The molecule has 0 saturated heterocycles. The van der Waals surface area contributed by atoms with Crippen LogP contribution in [0, 0.1) is 4.77 Å². The van der Waals surface area contributed by atoms with Crippen LogP contribution in [0.1, 0.15) is 12.0 Å². The molecule has 0 amide bonds. The van der Waals surface area contributed by atoms with E-state index in [2.05, 4.69) is 39.4 Å². The number of nitrogens with zero attached hydrogens (tertiary/aromatic N) is 3. The number of H-pyrrole nitrogens is 1. The number of hydrogen-bond acceptors (Lipinski definition) is 3. The first kappa shape index (κ1) is 10.5. The average Bonchev–Trinajstić information content (AvgIpc) is 2.69. The van der Waals surface area contributed by atoms with Crippen LogP contribution in [0.15, 0.2) is 24.3 Å². The molecule has 1 aliphatic heterocycles. The fraction of sp³-hybridized carbons (Fsp3) is 0.333. The van der Waals surface area contributed by atoms with E-state index >= 15 is 0 Å². The van der Waals surface area contributed by atoms with Crippen LogP contribution in [-0.2, 0) is 13.5 Å². The molecule has 4 nitrogen and oxygen atoms in total. The summed E-state index contributed by atoms with van der Waals surface area (Å²) in [4.78, 5) is 2.23. The van der Waals surface area contributed by atoms with Gasteiger partial charge in [-0.15, -0.1) is 5.10 Å². The van der Waals surface area contributed by atoms with E-state index in [1.54, 1.807) is 0 Å². The Balaban J connectivity index is 2.12. The summed E-state index contributed by atoms with van der Waals surface area (Å²) in [6, 6.07) is 8.48. The molecule has 2 heterocycles. The molecule has 0 bridgehead atoms. The molecule has 88 valence electrons. The van der Waals surface area contributed by atoms with Gasteiger partial charge in [-0.3, -0.25) is 4.57 Å². The Hall–Kier alpha value is -1.62. The zero-order chi connectivity index (χ0) is 11.8. The van der Waals surface area contributed by atoms with Gasteiger partial charge in [-0.25, -0.2) is 5.10 Å². The van der Waals surface area contributed by atoms with Gasteiger partial charge in [-0.1, -0.05) is 18.2 Å². The van der Waals surface area contributed by atoms with Gasteiger partial charge in [-0.05, 0) is 36.7 Å². The minimum Gasteiger partial charge on any atom is -0.310 e. The second-order valence-corrected chi connectivity index (χ2v) is 4.66. The molecule has 0 fully saturated rings. The van der Waals surface area contributed by atoms with E-state index in [1.807, 2.05) is 11.6 Å². The molecule has 1 aromatic heterocycles. The molecular weight excluding hydrogens is 232 g/mol. The Kier molecular flexibility index (Phi) is 2.48. The Labute approximate surface area is 105 Å². The highest BCUT2D eigenvalue weighted by molar-refractivity contribution is 7.71. The molecule has 0 aliphatic carbocycles. The summed E-state index contributed by atoms with van der Waals surface area (Å²) >= 11 is 5.16. The molecule has 17 heavy (non-hydrogen) atoms. The lowest BCUT2D eigenvalue weighted by molar-refractivity contribution is 0.731. The number of anilines is 2. The third kappa shape index (κ3) is 1.67. The monoisotopic (exact) mass is 246 g/mol. The van der Waals surface area contributed by atoms with Crippen molar-refractivity contribution in [3.8, 4) is 0 Å². The Morgan fingerprint density at radius 3 is 2.94 bits per heavy atom. The number of benzene rings is 1. The normalized spacial score (nSPS) is 14.8. The van der Waals surface area contributed by atoms with Crippen molar-refractivity contribution >= 4 is 23.9 Å². The molecule has 1 aliphatic rings. The minimum absolute atomic E-state index is 0.656. The first-order valence-corrected chi connectivity index (χ1v) is 6.15. The predicted octanol–water partition coefficient (Wildman–Crippen LogP) is 2.56. The Morgan fingerprint density at radius 1 is 1.35 bits per heavy atom. The largest absolute Gasteiger partial charge is 0.310 e. The number of nitrogens with one attached hydrogen (secondary N) is 1. The smallest absolute Gasteiger partial charge is 0.229 e. The minimum atomic E-state index is 0.656. The van der Waals surface area contributed by atoms with Gasteiger partial charge in [0.15, 0.2) is 4.77 Å². The van der Waals surface area contributed by atoms with Crippen molar-refractivity contribution in [1.29, 1.82) is 0 Å². The Morgan fingerprint density at radius 2 is 2.18 bits per heavy atom. The van der Waals surface area contributed by atoms with Crippen molar-refractivity contribution in [1.82, 2.24) is 14.8 Å². The zero-order valence-electron chi connectivity index (χ0n) is 9.68. The summed E-state index contributed by atoms with van der Waals surface area (Å²) in [5.74, 6) is 0.891. The summed E-state index contributed by atoms with van der Waals surface area (Å²) < 4.78 is 2.57. The first-order valence-electron chi connectivity index (χ1n) is 5.74. The van der Waals surface area contributed by atoms with E-state index in [-0.39, 0.29) is 0 Å². The maximum Gasteiger partial charge on any atom is 0.229 e. The number of aromatic amines is 1. The highest BCUT2D eigenvalue weighted by atomic mass is 32.1. The number of fused-ring (bicyclic) bond motifs is 1. The predicted molar refractivity (Wildman–Crippen MR) is 70.2 cm³/mol. The molecule has 5 heteroatoms. The summed E-state index contributed by atoms with van der Waals surface area (Å²) in [6.45, 7) is 0.991. The van der Waals surface area contributed by atoms with Crippen LogP contribution in [0.2, 0.25) is 0 Å². The van der Waals surface area contributed by atoms with Gasteiger partial charge < -0.3 is 4.90 Å². The van der Waals surface area contributed by atoms with Gasteiger partial charge >= 0.3 is 0 Å². The van der Waals surface area contributed by atoms with E-state index in [9.17, 15) is 0 Å². The summed E-state index contributed by atoms with van der Waals surface area (Å²) in [5, 5.41) is 7.15. The second kappa shape index (κ2) is 4.00. The topological polar surface area (TPSA) is 36.9 Å². The van der Waals surface area contributed by atoms with Gasteiger partial charge in [-0.2, -0.15) is 0 Å². The van der Waals surface area contributed by atoms with Crippen LogP contribution in [0.25, 0.3) is 0 Å². The van der Waals surface area contributed by atoms with Gasteiger partial charge in [0.05, 0.1) is 0 Å². The summed E-state index contributed by atoms with van der Waals surface area (Å²) in [5.41, 5.74) is 2.63. The van der Waals surface area contributed by atoms with E-state index in [1.165, 1.54) is 11.3 Å². The molecule has 0 saturated carbocycles. The molecule has 0 spiro atoms. The fourth-order valence-electron chi connectivity index (χ4n) is 2.32. The van der Waals surface area contributed by atoms with E-state index in [0.29, 0.717) is 4.77 Å². The quantitative estimate of drug-likeness (QED) is 0.786. The number of para-hydroxylation sites is 1. The Bertz CT molecular complexity index is 599. The molecule has 0 unspecified atom stereocenters. The average molecular weight is 246 g/mol. The maximum atomic E-state index is 5.16. The highest BCUT2D eigenvalue weighted by Crippen LogP contribution is 2.31. The molecule has 0 atom stereocenters. The third-order valence-electron chi connectivity index (χ3n) is 3.21. The van der Waals surface area contributed by atoms with Crippen LogP contribution in [0.4, 0.5) is 11.6 Å². The molecule has 1 N–H and O–H groups in total. The van der Waals surface area contributed by atoms with E-state index < -0.39 is 0 Å². The third-order valence-corrected chi connectivity index (χ3v) is 3.57. The number of hydrogen-bond donors (Lipinski definition) is 1. The number of aromatic nitrogens is 3. The van der Waals surface area contributed by atoms with E-state index in [0.717, 1.165) is 25.3 Å². The number of aryl methyl sites for hydroxylation is 1. The van der Waals surface area contributed by atoms with Crippen LogP contribution < -0.4 is 4.90 Å². The van der Waals surface area contributed by atoms with Crippen molar-refractivity contribution in [2.24, 2.45) is 7.05 Å². The zero-order valence-corrected chi connectivity index (χ0v) is 10.5. The second-order valence-electron chi connectivity index (χ2n) is 4.27. The van der Waals surface area contributed by atoms with Crippen molar-refractivity contribution < 1.29 is 0 Å². The van der Waals surface area contributed by atoms with Crippen molar-refractivity contribution in [2.45, 2.75) is 12.8 Å². The van der Waals surface area contributed by atoms with Crippen LogP contribution in [-0.4, -0.2) is 21.3 Å². The molecule has 3 rings (SSSR count). The fourth-order valence-corrected chi connectivity index (χ4v) is 2.45. The SMILES string of the molecule is Cn1c(N2CCCc3ccccc32)n[nH]c1=S. The molecule has 1 aromatic carbocycles. The molecular formula is C12H14N4S. The van der Waals surface area contributed by atoms with Crippen LogP contribution >= 0.6 is 12.2 Å². The first-order chi connectivity index (χ1) is 8.27. The van der Waals surface area contributed by atoms with Gasteiger partial charge in [0.25, 0.3) is 0 Å². The van der Waals surface area contributed by atoms with Crippen molar-refractivity contribution in [2.75, 3.05) is 11.4 Å². The van der Waals surface area contributed by atoms with E-state index in [4.69, 9.17) is 12.2 Å². The lowest BCUT2D eigenvalue weighted by atomic mass is 10.0. The van der Waals surface area contributed by atoms with Crippen molar-refractivity contribution in [3.05, 3.63) is 34.6 Å². The van der Waals surface area contributed by atoms with Crippen LogP contribution in [0.3, 0.4) is 0 Å².